The van der Waals surface area contributed by atoms with Gasteiger partial charge in [-0.25, -0.2) is 0 Å². The van der Waals surface area contributed by atoms with Gasteiger partial charge in [-0.15, -0.1) is 17.9 Å². The Labute approximate surface area is 78.2 Å². The van der Waals surface area contributed by atoms with Gasteiger partial charge in [0, 0.05) is 4.88 Å². The fourth-order valence-electron chi connectivity index (χ4n) is 0.915. The smallest absolute Gasteiger partial charge is 0.0267 e. The summed E-state index contributed by atoms with van der Waals surface area (Å²) in [7, 11) is 0. The molecule has 0 unspecified atom stereocenters. The van der Waals surface area contributed by atoms with Crippen molar-refractivity contribution in [3.05, 3.63) is 40.6 Å². The van der Waals surface area contributed by atoms with Crippen molar-refractivity contribution in [2.45, 2.75) is 19.8 Å². The molecule has 0 aliphatic rings. The summed E-state index contributed by atoms with van der Waals surface area (Å²) in [6.45, 7) is 5.93. The third-order valence-electron chi connectivity index (χ3n) is 1.56. The summed E-state index contributed by atoms with van der Waals surface area (Å²) in [5.74, 6) is 0. The Balaban J connectivity index is 2.27. The zero-order valence-corrected chi connectivity index (χ0v) is 8.23. The first kappa shape index (κ1) is 9.27. The average molecular weight is 178 g/mol. The normalized spacial score (nSPS) is 10.8. The molecule has 0 amide bonds. The summed E-state index contributed by atoms with van der Waals surface area (Å²) < 4.78 is 0. The first-order valence-electron chi connectivity index (χ1n) is 4.13. The van der Waals surface area contributed by atoms with Gasteiger partial charge in [0.15, 0.2) is 0 Å². The van der Waals surface area contributed by atoms with E-state index in [1.165, 1.54) is 10.5 Å². The van der Waals surface area contributed by atoms with Gasteiger partial charge in [0.1, 0.15) is 0 Å². The van der Waals surface area contributed by atoms with Gasteiger partial charge < -0.3 is 0 Å². The lowest BCUT2D eigenvalue weighted by Gasteiger charge is -1.91. The molecular weight excluding hydrogens is 164 g/mol. The van der Waals surface area contributed by atoms with E-state index in [9.17, 15) is 0 Å². The van der Waals surface area contributed by atoms with Gasteiger partial charge in [-0.2, -0.15) is 0 Å². The van der Waals surface area contributed by atoms with Crippen LogP contribution >= 0.6 is 11.3 Å². The van der Waals surface area contributed by atoms with Crippen molar-refractivity contribution in [1.29, 1.82) is 0 Å². The molecule has 0 aromatic carbocycles. The van der Waals surface area contributed by atoms with Crippen LogP contribution in [0.25, 0.3) is 6.08 Å². The van der Waals surface area contributed by atoms with Crippen LogP contribution in [0.2, 0.25) is 0 Å². The molecule has 0 fully saturated rings. The van der Waals surface area contributed by atoms with E-state index in [4.69, 9.17) is 0 Å². The number of rotatable bonds is 4. The largest absolute Gasteiger partial charge is 0.144 e. The topological polar surface area (TPSA) is 0 Å². The SMILES string of the molecule is C=C(C)CC/C=C/c1cccs1. The zero-order valence-electron chi connectivity index (χ0n) is 7.42. The van der Waals surface area contributed by atoms with Crippen molar-refractivity contribution in [3.63, 3.8) is 0 Å². The standard InChI is InChI=1S/C11H14S/c1-10(2)6-3-4-7-11-8-5-9-12-11/h4-5,7-9H,1,3,6H2,2H3/b7-4+. The minimum Gasteiger partial charge on any atom is -0.144 e. The average Bonchev–Trinajstić information content (AvgIpc) is 2.49. The van der Waals surface area contributed by atoms with Crippen molar-refractivity contribution >= 4 is 17.4 Å². The Morgan fingerprint density at radius 1 is 1.67 bits per heavy atom. The lowest BCUT2D eigenvalue weighted by atomic mass is 10.2. The van der Waals surface area contributed by atoms with Gasteiger partial charge in [0.2, 0.25) is 0 Å². The van der Waals surface area contributed by atoms with Crippen LogP contribution in [-0.4, -0.2) is 0 Å². The summed E-state index contributed by atoms with van der Waals surface area (Å²) >= 11 is 1.77. The quantitative estimate of drug-likeness (QED) is 0.608. The van der Waals surface area contributed by atoms with Crippen molar-refractivity contribution in [2.24, 2.45) is 0 Å². The predicted molar refractivity (Wildman–Crippen MR) is 57.4 cm³/mol. The van der Waals surface area contributed by atoms with E-state index < -0.39 is 0 Å². The number of hydrogen-bond acceptors (Lipinski definition) is 1. The van der Waals surface area contributed by atoms with Crippen LogP contribution in [0, 0.1) is 0 Å². The van der Waals surface area contributed by atoms with Crippen LogP contribution in [0.5, 0.6) is 0 Å². The molecule has 64 valence electrons. The highest BCUT2D eigenvalue weighted by Gasteiger charge is 1.85. The Kier molecular flexibility index (Phi) is 3.81. The molecule has 0 saturated carbocycles. The van der Waals surface area contributed by atoms with Gasteiger partial charge in [-0.05, 0) is 37.3 Å². The molecule has 1 rings (SSSR count). The van der Waals surface area contributed by atoms with Gasteiger partial charge in [-0.3, -0.25) is 0 Å². The van der Waals surface area contributed by atoms with Crippen molar-refractivity contribution in [2.75, 3.05) is 0 Å². The molecule has 0 atom stereocenters. The molecule has 0 N–H and O–H groups in total. The fraction of sp³-hybridized carbons (Fsp3) is 0.273. The molecule has 12 heavy (non-hydrogen) atoms. The van der Waals surface area contributed by atoms with Crippen LogP contribution in [0.1, 0.15) is 24.6 Å². The first-order valence-corrected chi connectivity index (χ1v) is 5.01. The molecule has 0 bridgehead atoms. The molecule has 1 aromatic heterocycles. The van der Waals surface area contributed by atoms with Crippen molar-refractivity contribution < 1.29 is 0 Å². The maximum atomic E-state index is 3.86. The van der Waals surface area contributed by atoms with E-state index in [0.29, 0.717) is 0 Å². The third-order valence-corrected chi connectivity index (χ3v) is 2.40. The van der Waals surface area contributed by atoms with Crippen molar-refractivity contribution in [3.8, 4) is 0 Å². The minimum atomic E-state index is 1.10. The summed E-state index contributed by atoms with van der Waals surface area (Å²) in [4.78, 5) is 1.33. The van der Waals surface area contributed by atoms with Crippen molar-refractivity contribution in [1.82, 2.24) is 0 Å². The summed E-state index contributed by atoms with van der Waals surface area (Å²) in [5, 5.41) is 2.10. The Hall–Kier alpha value is -0.820. The Morgan fingerprint density at radius 2 is 2.50 bits per heavy atom. The summed E-state index contributed by atoms with van der Waals surface area (Å²) in [6.07, 6.45) is 6.59. The van der Waals surface area contributed by atoms with E-state index in [1.807, 2.05) is 0 Å². The van der Waals surface area contributed by atoms with Gasteiger partial charge in [0.25, 0.3) is 0 Å². The molecule has 0 radical (unpaired) electrons. The van der Waals surface area contributed by atoms with E-state index >= 15 is 0 Å². The second-order valence-corrected chi connectivity index (χ2v) is 3.89. The van der Waals surface area contributed by atoms with Gasteiger partial charge in [0.05, 0.1) is 0 Å². The fourth-order valence-corrected chi connectivity index (χ4v) is 1.56. The summed E-state index contributed by atoms with van der Waals surface area (Å²) in [5.41, 5.74) is 1.26. The molecule has 0 nitrogen and oxygen atoms in total. The lowest BCUT2D eigenvalue weighted by molar-refractivity contribution is 0.988. The molecule has 0 saturated heterocycles. The molecule has 0 spiro atoms. The molecule has 1 heteroatoms. The summed E-state index contributed by atoms with van der Waals surface area (Å²) in [6, 6.07) is 4.20. The predicted octanol–water partition coefficient (Wildman–Crippen LogP) is 4.12. The maximum absolute atomic E-state index is 3.86. The van der Waals surface area contributed by atoms with Crippen LogP contribution in [0.15, 0.2) is 35.7 Å². The minimum absolute atomic E-state index is 1.10. The second kappa shape index (κ2) is 4.94. The molecule has 0 aliphatic heterocycles. The van der Waals surface area contributed by atoms with Gasteiger partial charge >= 0.3 is 0 Å². The Morgan fingerprint density at radius 3 is 3.08 bits per heavy atom. The highest BCUT2D eigenvalue weighted by Crippen LogP contribution is 2.11. The monoisotopic (exact) mass is 178 g/mol. The lowest BCUT2D eigenvalue weighted by Crippen LogP contribution is -1.70. The second-order valence-electron chi connectivity index (χ2n) is 2.91. The van der Waals surface area contributed by atoms with E-state index in [-0.39, 0.29) is 0 Å². The highest BCUT2D eigenvalue weighted by molar-refractivity contribution is 7.10. The first-order chi connectivity index (χ1) is 5.79. The number of allylic oxidation sites excluding steroid dienone is 2. The van der Waals surface area contributed by atoms with Crippen LogP contribution in [0.4, 0.5) is 0 Å². The maximum Gasteiger partial charge on any atom is 0.0267 e. The highest BCUT2D eigenvalue weighted by atomic mass is 32.1. The van der Waals surface area contributed by atoms with E-state index in [0.717, 1.165) is 12.8 Å². The molecule has 1 heterocycles. The van der Waals surface area contributed by atoms with Crippen LogP contribution < -0.4 is 0 Å². The number of thiophene rings is 1. The molecule has 1 aromatic rings. The number of hydrogen-bond donors (Lipinski definition) is 0. The molecular formula is C11H14S. The van der Waals surface area contributed by atoms with Crippen LogP contribution in [0.3, 0.4) is 0 Å². The third kappa shape index (κ3) is 3.54. The van der Waals surface area contributed by atoms with E-state index in [2.05, 4.69) is 43.2 Å². The molecule has 0 aliphatic carbocycles. The Bertz CT molecular complexity index is 255. The van der Waals surface area contributed by atoms with Gasteiger partial charge in [-0.1, -0.05) is 17.7 Å². The van der Waals surface area contributed by atoms with E-state index in [1.54, 1.807) is 11.3 Å². The zero-order chi connectivity index (χ0) is 8.81. The van der Waals surface area contributed by atoms with Crippen LogP contribution in [-0.2, 0) is 0 Å².